The molecule has 5 rings (SSSR count). The summed E-state index contributed by atoms with van der Waals surface area (Å²) in [5, 5.41) is 5.16. The molecule has 1 atom stereocenters. The summed E-state index contributed by atoms with van der Waals surface area (Å²) >= 11 is 0. The molecule has 180 valence electrons. The molecule has 3 aromatic rings. The maximum Gasteiger partial charge on any atom is 0.253 e. The average molecular weight is 484 g/mol. The number of anilines is 1. The summed E-state index contributed by atoms with van der Waals surface area (Å²) in [6, 6.07) is 6.36. The number of rotatable bonds is 4. The predicted molar refractivity (Wildman–Crippen MR) is 128 cm³/mol. The molecule has 0 saturated carbocycles. The van der Waals surface area contributed by atoms with E-state index in [9.17, 15) is 13.2 Å². The fourth-order valence-corrected chi connectivity index (χ4v) is 6.54. The number of piperazine rings is 1. The molecule has 1 amide bonds. The summed E-state index contributed by atoms with van der Waals surface area (Å²) in [6.07, 6.45) is 6.12. The van der Waals surface area contributed by atoms with Crippen LogP contribution in [0.1, 0.15) is 36.5 Å². The Labute approximate surface area is 199 Å². The number of hydrogen-bond acceptors (Lipinski definition) is 7. The predicted octanol–water partition coefficient (Wildman–Crippen LogP) is 1.89. The fraction of sp³-hybridized carbons (Fsp3) is 0.478. The van der Waals surface area contributed by atoms with Gasteiger partial charge in [-0.05, 0) is 44.0 Å². The third kappa shape index (κ3) is 4.03. The number of nitrogens with zero attached hydrogens (tertiary/aromatic N) is 7. The van der Waals surface area contributed by atoms with Crippen LogP contribution < -0.4 is 4.90 Å². The second-order valence-electron chi connectivity index (χ2n) is 8.97. The monoisotopic (exact) mass is 483 g/mol. The molecule has 4 heterocycles. The Morgan fingerprint density at radius 3 is 2.44 bits per heavy atom. The Hall–Kier alpha value is -3.05. The summed E-state index contributed by atoms with van der Waals surface area (Å²) in [5.41, 5.74) is 1.27. The van der Waals surface area contributed by atoms with E-state index >= 15 is 0 Å². The minimum Gasteiger partial charge on any atom is -0.352 e. The average Bonchev–Trinajstić information content (AvgIpc) is 3.25. The van der Waals surface area contributed by atoms with Crippen molar-refractivity contribution in [2.45, 2.75) is 37.1 Å². The quantitative estimate of drug-likeness (QED) is 0.558. The first-order chi connectivity index (χ1) is 16.4. The lowest BCUT2D eigenvalue weighted by atomic mass is 10.1. The normalized spacial score (nSPS) is 20.1. The molecule has 2 aliphatic rings. The maximum atomic E-state index is 13.1. The fourth-order valence-electron chi connectivity index (χ4n) is 4.84. The van der Waals surface area contributed by atoms with E-state index in [1.807, 2.05) is 14.0 Å². The van der Waals surface area contributed by atoms with Gasteiger partial charge in [0.15, 0.2) is 5.65 Å². The zero-order valence-electron chi connectivity index (χ0n) is 19.5. The summed E-state index contributed by atoms with van der Waals surface area (Å²) in [4.78, 5) is 26.0. The first-order valence-electron chi connectivity index (χ1n) is 11.6. The lowest BCUT2D eigenvalue weighted by Gasteiger charge is -2.35. The van der Waals surface area contributed by atoms with Crippen LogP contribution in [0.4, 0.5) is 5.82 Å². The first-order valence-corrected chi connectivity index (χ1v) is 13.1. The van der Waals surface area contributed by atoms with Crippen LogP contribution in [0.15, 0.2) is 41.7 Å². The van der Waals surface area contributed by atoms with Gasteiger partial charge in [0.25, 0.3) is 5.91 Å². The molecule has 1 unspecified atom stereocenters. The largest absolute Gasteiger partial charge is 0.352 e. The van der Waals surface area contributed by atoms with E-state index in [0.717, 1.165) is 36.1 Å². The van der Waals surface area contributed by atoms with Gasteiger partial charge in [0.05, 0.1) is 16.5 Å². The van der Waals surface area contributed by atoms with Crippen LogP contribution in [0.25, 0.3) is 11.0 Å². The molecule has 0 radical (unpaired) electrons. The summed E-state index contributed by atoms with van der Waals surface area (Å²) in [6.45, 7) is 4.89. The Morgan fingerprint density at radius 1 is 1.00 bits per heavy atom. The van der Waals surface area contributed by atoms with Gasteiger partial charge in [0.2, 0.25) is 10.0 Å². The summed E-state index contributed by atoms with van der Waals surface area (Å²) < 4.78 is 29.4. The molecular weight excluding hydrogens is 454 g/mol. The molecule has 11 heteroatoms. The number of aryl methyl sites for hydroxylation is 1. The Bertz CT molecular complexity index is 1300. The molecule has 10 nitrogen and oxygen atoms in total. The number of carbonyl (C=O) groups is 1. The Balaban J connectivity index is 1.26. The van der Waals surface area contributed by atoms with Crippen LogP contribution in [0.5, 0.6) is 0 Å². The topological polar surface area (TPSA) is 105 Å². The number of sulfonamides is 1. The van der Waals surface area contributed by atoms with Crippen molar-refractivity contribution in [2.75, 3.05) is 37.6 Å². The number of fused-ring (bicyclic) bond motifs is 1. The molecule has 2 saturated heterocycles. The molecular formula is C23H29N7O3S. The highest BCUT2D eigenvalue weighted by Crippen LogP contribution is 2.26. The molecule has 0 N–H and O–H groups in total. The molecule has 0 spiro atoms. The maximum absolute atomic E-state index is 13.1. The molecule has 1 aromatic carbocycles. The number of benzene rings is 1. The van der Waals surface area contributed by atoms with Crippen LogP contribution in [0.3, 0.4) is 0 Å². The summed E-state index contributed by atoms with van der Waals surface area (Å²) in [5.74, 6) is 0.732. The second kappa shape index (κ2) is 8.95. The van der Waals surface area contributed by atoms with Crippen LogP contribution in [-0.2, 0) is 17.1 Å². The van der Waals surface area contributed by atoms with Gasteiger partial charge in [-0.1, -0.05) is 6.42 Å². The van der Waals surface area contributed by atoms with Crippen LogP contribution >= 0.6 is 0 Å². The zero-order valence-corrected chi connectivity index (χ0v) is 20.3. The molecule has 2 aromatic heterocycles. The van der Waals surface area contributed by atoms with E-state index < -0.39 is 10.0 Å². The van der Waals surface area contributed by atoms with Gasteiger partial charge in [-0.15, -0.1) is 0 Å². The number of carbonyl (C=O) groups excluding carboxylic acids is 1. The van der Waals surface area contributed by atoms with Crippen molar-refractivity contribution in [3.63, 3.8) is 0 Å². The van der Waals surface area contributed by atoms with Gasteiger partial charge >= 0.3 is 0 Å². The molecule has 0 aliphatic carbocycles. The number of hydrogen-bond donors (Lipinski definition) is 0. The van der Waals surface area contributed by atoms with Crippen LogP contribution in [-0.4, -0.2) is 82.0 Å². The SMILES string of the molecule is CC1CCCCN1S(=O)(=O)c1ccc(C(=O)N2CCN(c3ncnc4c3cnn4C)CC2)cc1. The molecule has 0 bridgehead atoms. The van der Waals surface area contributed by atoms with Crippen molar-refractivity contribution in [1.29, 1.82) is 0 Å². The van der Waals surface area contributed by atoms with E-state index in [2.05, 4.69) is 20.0 Å². The van der Waals surface area contributed by atoms with Crippen LogP contribution in [0, 0.1) is 0 Å². The van der Waals surface area contributed by atoms with Gasteiger partial charge in [-0.2, -0.15) is 9.40 Å². The number of aromatic nitrogens is 4. The van der Waals surface area contributed by atoms with Crippen molar-refractivity contribution < 1.29 is 13.2 Å². The minimum atomic E-state index is -3.55. The summed E-state index contributed by atoms with van der Waals surface area (Å²) in [7, 11) is -1.70. The van der Waals surface area contributed by atoms with Gasteiger partial charge in [0.1, 0.15) is 12.1 Å². The number of amides is 1. The third-order valence-corrected chi connectivity index (χ3v) is 8.85. The van der Waals surface area contributed by atoms with Crippen LogP contribution in [0.2, 0.25) is 0 Å². The van der Waals surface area contributed by atoms with E-state index in [1.165, 1.54) is 6.33 Å². The van der Waals surface area contributed by atoms with E-state index in [-0.39, 0.29) is 16.8 Å². The van der Waals surface area contributed by atoms with Crippen molar-refractivity contribution in [2.24, 2.45) is 7.05 Å². The highest BCUT2D eigenvalue weighted by Gasteiger charge is 2.31. The Kier molecular flexibility index (Phi) is 5.98. The van der Waals surface area contributed by atoms with Gasteiger partial charge in [0, 0.05) is 51.4 Å². The first kappa shape index (κ1) is 22.7. The van der Waals surface area contributed by atoms with Crippen molar-refractivity contribution in [3.05, 3.63) is 42.4 Å². The highest BCUT2D eigenvalue weighted by molar-refractivity contribution is 7.89. The van der Waals surface area contributed by atoms with E-state index in [4.69, 9.17) is 0 Å². The molecule has 34 heavy (non-hydrogen) atoms. The lowest BCUT2D eigenvalue weighted by Crippen LogP contribution is -2.49. The standard InChI is InChI=1S/C23H29N7O3S/c1-17-5-3-4-10-30(17)34(32,33)19-8-6-18(7-9-19)23(31)29-13-11-28(12-14-29)22-20-15-26-27(2)21(20)24-16-25-22/h6-9,15-17H,3-5,10-14H2,1-2H3. The second-order valence-corrected chi connectivity index (χ2v) is 10.9. The lowest BCUT2D eigenvalue weighted by molar-refractivity contribution is 0.0746. The molecule has 2 fully saturated rings. The van der Waals surface area contributed by atoms with Gasteiger partial charge < -0.3 is 9.80 Å². The minimum absolute atomic E-state index is 0.000795. The van der Waals surface area contributed by atoms with Gasteiger partial charge in [-0.25, -0.2) is 18.4 Å². The molecule has 2 aliphatic heterocycles. The highest BCUT2D eigenvalue weighted by atomic mass is 32.2. The number of piperidine rings is 1. The van der Waals surface area contributed by atoms with E-state index in [1.54, 1.807) is 44.3 Å². The Morgan fingerprint density at radius 2 is 1.74 bits per heavy atom. The van der Waals surface area contributed by atoms with Crippen molar-refractivity contribution >= 4 is 32.8 Å². The smallest absolute Gasteiger partial charge is 0.253 e. The third-order valence-electron chi connectivity index (χ3n) is 6.82. The zero-order chi connectivity index (χ0) is 23.9. The van der Waals surface area contributed by atoms with Gasteiger partial charge in [-0.3, -0.25) is 9.48 Å². The van der Waals surface area contributed by atoms with E-state index in [0.29, 0.717) is 38.3 Å². The van der Waals surface area contributed by atoms with Crippen molar-refractivity contribution in [1.82, 2.24) is 29.0 Å². The van der Waals surface area contributed by atoms with Crippen molar-refractivity contribution in [3.8, 4) is 0 Å².